The molecule has 160 valence electrons. The first kappa shape index (κ1) is 21.7. The van der Waals surface area contributed by atoms with E-state index in [4.69, 9.17) is 27.9 Å². The monoisotopic (exact) mass is 465 g/mol. The fourth-order valence-electron chi connectivity index (χ4n) is 3.04. The highest BCUT2D eigenvalue weighted by Crippen LogP contribution is 2.24. The van der Waals surface area contributed by atoms with Gasteiger partial charge in [0.05, 0.1) is 5.69 Å². The molecule has 6 nitrogen and oxygen atoms in total. The first-order valence-electron chi connectivity index (χ1n) is 9.66. The molecular weight excluding hydrogens is 449 g/mol. The predicted octanol–water partition coefficient (Wildman–Crippen LogP) is 5.59. The summed E-state index contributed by atoms with van der Waals surface area (Å²) in [6, 6.07) is 21.0. The number of ketones is 1. The molecule has 3 aromatic carbocycles. The summed E-state index contributed by atoms with van der Waals surface area (Å²) in [6.45, 7) is 1.52. The van der Waals surface area contributed by atoms with Crippen LogP contribution in [0.2, 0.25) is 10.0 Å². The van der Waals surface area contributed by atoms with Crippen LogP contribution in [0.1, 0.15) is 26.5 Å². The summed E-state index contributed by atoms with van der Waals surface area (Å²) in [6.07, 6.45) is 0. The number of carbonyl (C=O) groups is 2. The Labute approximate surface area is 194 Å². The maximum atomic E-state index is 12.6. The molecule has 0 saturated heterocycles. The Morgan fingerprint density at radius 1 is 0.938 bits per heavy atom. The summed E-state index contributed by atoms with van der Waals surface area (Å²) in [5.41, 5.74) is 2.87. The largest absolute Gasteiger partial charge is 0.451 e. The highest BCUT2D eigenvalue weighted by Gasteiger charge is 2.21. The van der Waals surface area contributed by atoms with E-state index in [9.17, 15) is 9.59 Å². The summed E-state index contributed by atoms with van der Waals surface area (Å²) in [4.78, 5) is 29.3. The van der Waals surface area contributed by atoms with Crippen molar-refractivity contribution in [3.05, 3.63) is 99.8 Å². The SMILES string of the molecule is Cc1cccc(-n2nc(C(=O)OCC(=O)c3ccc(Cl)cc3)nc2-c2ccc(Cl)cc2)c1. The maximum absolute atomic E-state index is 12.6. The van der Waals surface area contributed by atoms with Crippen LogP contribution in [-0.2, 0) is 4.74 Å². The average molecular weight is 466 g/mol. The van der Waals surface area contributed by atoms with Gasteiger partial charge in [0.25, 0.3) is 5.82 Å². The zero-order valence-corrected chi connectivity index (χ0v) is 18.5. The maximum Gasteiger partial charge on any atom is 0.378 e. The van der Waals surface area contributed by atoms with E-state index < -0.39 is 12.6 Å². The van der Waals surface area contributed by atoms with Crippen LogP contribution in [0.5, 0.6) is 0 Å². The zero-order chi connectivity index (χ0) is 22.7. The third-order valence-electron chi connectivity index (χ3n) is 4.64. The Morgan fingerprint density at radius 3 is 2.25 bits per heavy atom. The summed E-state index contributed by atoms with van der Waals surface area (Å²) >= 11 is 11.8. The Bertz CT molecular complexity index is 1280. The van der Waals surface area contributed by atoms with Gasteiger partial charge in [0, 0.05) is 21.2 Å². The number of aromatic nitrogens is 3. The minimum absolute atomic E-state index is 0.152. The number of esters is 1. The van der Waals surface area contributed by atoms with Crippen LogP contribution in [0, 0.1) is 6.92 Å². The van der Waals surface area contributed by atoms with Crippen molar-refractivity contribution >= 4 is 35.0 Å². The molecule has 0 aliphatic carbocycles. The number of hydrogen-bond donors (Lipinski definition) is 0. The number of nitrogens with zero attached hydrogens (tertiary/aromatic N) is 3. The van der Waals surface area contributed by atoms with Crippen LogP contribution in [0.3, 0.4) is 0 Å². The first-order valence-corrected chi connectivity index (χ1v) is 10.4. The van der Waals surface area contributed by atoms with E-state index in [1.165, 1.54) is 0 Å². The lowest BCUT2D eigenvalue weighted by atomic mass is 10.1. The van der Waals surface area contributed by atoms with E-state index in [0.717, 1.165) is 16.8 Å². The summed E-state index contributed by atoms with van der Waals surface area (Å²) in [5.74, 6) is -0.858. The Balaban J connectivity index is 1.61. The number of benzene rings is 3. The lowest BCUT2D eigenvalue weighted by Gasteiger charge is -2.06. The van der Waals surface area contributed by atoms with E-state index in [0.29, 0.717) is 21.4 Å². The molecule has 0 bridgehead atoms. The number of hydrogen-bond acceptors (Lipinski definition) is 5. The number of halogens is 2. The number of rotatable bonds is 6. The van der Waals surface area contributed by atoms with Crippen molar-refractivity contribution in [3.63, 3.8) is 0 Å². The molecule has 1 heterocycles. The topological polar surface area (TPSA) is 74.1 Å². The second kappa shape index (κ2) is 9.34. The highest BCUT2D eigenvalue weighted by molar-refractivity contribution is 6.31. The van der Waals surface area contributed by atoms with Gasteiger partial charge in [-0.25, -0.2) is 14.5 Å². The van der Waals surface area contributed by atoms with Gasteiger partial charge in [-0.15, -0.1) is 5.10 Å². The van der Waals surface area contributed by atoms with Gasteiger partial charge in [-0.3, -0.25) is 4.79 Å². The van der Waals surface area contributed by atoms with Crippen molar-refractivity contribution < 1.29 is 14.3 Å². The molecule has 0 fully saturated rings. The fraction of sp³-hybridized carbons (Fsp3) is 0.0833. The Hall–Kier alpha value is -3.48. The Morgan fingerprint density at radius 2 is 1.59 bits per heavy atom. The van der Waals surface area contributed by atoms with Gasteiger partial charge in [-0.05, 0) is 73.2 Å². The molecule has 0 aliphatic heterocycles. The fourth-order valence-corrected chi connectivity index (χ4v) is 3.29. The van der Waals surface area contributed by atoms with Gasteiger partial charge >= 0.3 is 5.97 Å². The number of Topliss-reactive ketones (excluding diaryl/α,β-unsaturated/α-hetero) is 1. The van der Waals surface area contributed by atoms with Gasteiger partial charge in [-0.1, -0.05) is 35.3 Å². The second-order valence-corrected chi connectivity index (χ2v) is 7.90. The molecule has 4 rings (SSSR count). The summed E-state index contributed by atoms with van der Waals surface area (Å²) in [7, 11) is 0. The quantitative estimate of drug-likeness (QED) is 0.274. The summed E-state index contributed by atoms with van der Waals surface area (Å²) < 4.78 is 6.74. The molecule has 0 radical (unpaired) electrons. The van der Waals surface area contributed by atoms with Crippen molar-refractivity contribution in [2.45, 2.75) is 6.92 Å². The van der Waals surface area contributed by atoms with Gasteiger partial charge in [0.15, 0.2) is 18.2 Å². The molecular formula is C24H17Cl2N3O3. The molecule has 4 aromatic rings. The van der Waals surface area contributed by atoms with E-state index >= 15 is 0 Å². The van der Waals surface area contributed by atoms with Gasteiger partial charge in [0.2, 0.25) is 0 Å². The van der Waals surface area contributed by atoms with E-state index in [1.807, 2.05) is 31.2 Å². The summed E-state index contributed by atoms with van der Waals surface area (Å²) in [5, 5.41) is 5.44. The molecule has 0 N–H and O–H groups in total. The molecule has 32 heavy (non-hydrogen) atoms. The molecule has 0 aliphatic rings. The number of aryl methyl sites for hydroxylation is 1. The van der Waals surface area contributed by atoms with Crippen LogP contribution >= 0.6 is 23.2 Å². The third-order valence-corrected chi connectivity index (χ3v) is 5.14. The minimum Gasteiger partial charge on any atom is -0.451 e. The van der Waals surface area contributed by atoms with Crippen LogP contribution in [-0.4, -0.2) is 33.1 Å². The van der Waals surface area contributed by atoms with Crippen LogP contribution in [0.4, 0.5) is 0 Å². The van der Waals surface area contributed by atoms with Gasteiger partial charge in [0.1, 0.15) is 0 Å². The predicted molar refractivity (Wildman–Crippen MR) is 123 cm³/mol. The lowest BCUT2D eigenvalue weighted by molar-refractivity contribution is 0.0462. The molecule has 0 amide bonds. The molecule has 0 saturated carbocycles. The van der Waals surface area contributed by atoms with Crippen LogP contribution in [0.15, 0.2) is 72.8 Å². The van der Waals surface area contributed by atoms with Crippen LogP contribution < -0.4 is 0 Å². The standard InChI is InChI=1S/C24H17Cl2N3O3/c1-15-3-2-4-20(13-15)29-23(17-7-11-19(26)12-8-17)27-22(28-29)24(31)32-14-21(30)16-5-9-18(25)10-6-16/h2-13H,14H2,1H3. The Kier molecular flexibility index (Phi) is 6.35. The van der Waals surface area contributed by atoms with E-state index in [1.54, 1.807) is 53.2 Å². The smallest absolute Gasteiger partial charge is 0.378 e. The van der Waals surface area contributed by atoms with Crippen molar-refractivity contribution in [3.8, 4) is 17.1 Å². The molecule has 8 heteroatoms. The molecule has 0 atom stereocenters. The molecule has 0 unspecified atom stereocenters. The average Bonchev–Trinajstić information content (AvgIpc) is 3.24. The van der Waals surface area contributed by atoms with Crippen molar-refractivity contribution in [1.82, 2.24) is 14.8 Å². The van der Waals surface area contributed by atoms with E-state index in [-0.39, 0.29) is 11.6 Å². The van der Waals surface area contributed by atoms with Gasteiger partial charge in [-0.2, -0.15) is 0 Å². The molecule has 0 spiro atoms. The second-order valence-electron chi connectivity index (χ2n) is 7.02. The van der Waals surface area contributed by atoms with Crippen molar-refractivity contribution in [1.29, 1.82) is 0 Å². The zero-order valence-electron chi connectivity index (χ0n) is 17.0. The van der Waals surface area contributed by atoms with E-state index in [2.05, 4.69) is 10.1 Å². The first-order chi connectivity index (χ1) is 15.4. The molecule has 1 aromatic heterocycles. The lowest BCUT2D eigenvalue weighted by Crippen LogP contribution is -2.15. The minimum atomic E-state index is -0.797. The van der Waals surface area contributed by atoms with Crippen LogP contribution in [0.25, 0.3) is 17.1 Å². The van der Waals surface area contributed by atoms with Crippen molar-refractivity contribution in [2.24, 2.45) is 0 Å². The highest BCUT2D eigenvalue weighted by atomic mass is 35.5. The third kappa shape index (κ3) is 4.88. The van der Waals surface area contributed by atoms with Crippen molar-refractivity contribution in [2.75, 3.05) is 6.61 Å². The number of carbonyl (C=O) groups excluding carboxylic acids is 2. The number of ether oxygens (including phenoxy) is 1. The normalized spacial score (nSPS) is 10.7. The van der Waals surface area contributed by atoms with Gasteiger partial charge < -0.3 is 4.74 Å².